The summed E-state index contributed by atoms with van der Waals surface area (Å²) >= 11 is 0. The number of benzene rings is 2. The Hall–Kier alpha value is -3.12. The maximum Gasteiger partial charge on any atom is 0.336 e. The Morgan fingerprint density at radius 3 is 2.33 bits per heavy atom. The van der Waals surface area contributed by atoms with Gasteiger partial charge in [-0.25, -0.2) is 4.79 Å². The van der Waals surface area contributed by atoms with Crippen LogP contribution in [-0.2, 0) is 6.54 Å². The summed E-state index contributed by atoms with van der Waals surface area (Å²) in [5.74, 6) is 0.180. The maximum absolute atomic E-state index is 12.9. The van der Waals surface area contributed by atoms with Crippen LogP contribution in [0.25, 0.3) is 11.0 Å². The van der Waals surface area contributed by atoms with Gasteiger partial charge in [0.05, 0.1) is 0 Å². The SMILES string of the molecule is Cc1cc(C)cc(C(=O)N2CCN(Cc3cc(=O)oc4c(C)c(O)ccc34)CC2)c1. The third kappa shape index (κ3) is 3.96. The summed E-state index contributed by atoms with van der Waals surface area (Å²) in [6.07, 6.45) is 0. The van der Waals surface area contributed by atoms with Gasteiger partial charge in [-0.05, 0) is 50.6 Å². The van der Waals surface area contributed by atoms with E-state index in [2.05, 4.69) is 11.0 Å². The number of amides is 1. The van der Waals surface area contributed by atoms with Crippen molar-refractivity contribution in [1.29, 1.82) is 0 Å². The minimum absolute atomic E-state index is 0.0679. The highest BCUT2D eigenvalue weighted by atomic mass is 16.4. The molecule has 0 radical (unpaired) electrons. The molecule has 2 heterocycles. The molecule has 1 N–H and O–H groups in total. The molecule has 6 nitrogen and oxygen atoms in total. The molecule has 0 aliphatic carbocycles. The predicted octanol–water partition coefficient (Wildman–Crippen LogP) is 3.38. The van der Waals surface area contributed by atoms with Crippen LogP contribution in [0.4, 0.5) is 0 Å². The van der Waals surface area contributed by atoms with Crippen LogP contribution >= 0.6 is 0 Å². The number of rotatable bonds is 3. The monoisotopic (exact) mass is 406 g/mol. The molecule has 6 heteroatoms. The van der Waals surface area contributed by atoms with Crippen LogP contribution < -0.4 is 5.63 Å². The highest BCUT2D eigenvalue weighted by Gasteiger charge is 2.23. The normalized spacial score (nSPS) is 15.0. The van der Waals surface area contributed by atoms with Crippen molar-refractivity contribution < 1.29 is 14.3 Å². The number of aryl methyl sites for hydroxylation is 3. The third-order valence-corrected chi connectivity index (χ3v) is 5.74. The lowest BCUT2D eigenvalue weighted by Crippen LogP contribution is -2.48. The molecule has 0 unspecified atom stereocenters. The second-order valence-corrected chi connectivity index (χ2v) is 8.12. The highest BCUT2D eigenvalue weighted by Crippen LogP contribution is 2.28. The van der Waals surface area contributed by atoms with Gasteiger partial charge in [0.1, 0.15) is 11.3 Å². The van der Waals surface area contributed by atoms with Gasteiger partial charge in [0.2, 0.25) is 0 Å². The topological polar surface area (TPSA) is 74.0 Å². The van der Waals surface area contributed by atoms with Crippen LogP contribution in [0.1, 0.15) is 32.6 Å². The zero-order chi connectivity index (χ0) is 21.4. The van der Waals surface area contributed by atoms with Crippen LogP contribution in [0.2, 0.25) is 0 Å². The van der Waals surface area contributed by atoms with Gasteiger partial charge in [0.25, 0.3) is 5.91 Å². The summed E-state index contributed by atoms with van der Waals surface area (Å²) in [4.78, 5) is 29.1. The molecular formula is C24H26N2O4. The molecule has 1 amide bonds. The molecule has 3 aromatic rings. The average molecular weight is 406 g/mol. The smallest absolute Gasteiger partial charge is 0.336 e. The van der Waals surface area contributed by atoms with Crippen LogP contribution in [0.3, 0.4) is 0 Å². The maximum atomic E-state index is 12.9. The fourth-order valence-electron chi connectivity index (χ4n) is 4.18. The molecule has 156 valence electrons. The molecule has 30 heavy (non-hydrogen) atoms. The van der Waals surface area contributed by atoms with Crippen molar-refractivity contribution in [2.24, 2.45) is 0 Å². The number of hydrogen-bond acceptors (Lipinski definition) is 5. The van der Waals surface area contributed by atoms with E-state index in [0.717, 1.165) is 40.7 Å². The number of phenolic OH excluding ortho intramolecular Hbond substituents is 1. The number of carbonyl (C=O) groups is 1. The van der Waals surface area contributed by atoms with Gasteiger partial charge in [0, 0.05) is 55.3 Å². The highest BCUT2D eigenvalue weighted by molar-refractivity contribution is 5.94. The van der Waals surface area contributed by atoms with E-state index in [0.29, 0.717) is 30.8 Å². The second kappa shape index (κ2) is 7.95. The quantitative estimate of drug-likeness (QED) is 0.675. The van der Waals surface area contributed by atoms with Crippen molar-refractivity contribution >= 4 is 16.9 Å². The summed E-state index contributed by atoms with van der Waals surface area (Å²) in [5.41, 5.74) is 4.37. The third-order valence-electron chi connectivity index (χ3n) is 5.74. The standard InChI is InChI=1S/C24H26N2O4/c1-15-10-16(2)12-18(11-15)24(29)26-8-6-25(7-9-26)14-19-13-22(28)30-23-17(3)21(27)5-4-20(19)23/h4-5,10-13,27H,6-9,14H2,1-3H3. The van der Waals surface area contributed by atoms with Crippen molar-refractivity contribution in [2.45, 2.75) is 27.3 Å². The van der Waals surface area contributed by atoms with E-state index in [-0.39, 0.29) is 11.7 Å². The lowest BCUT2D eigenvalue weighted by atomic mass is 10.0. The fraction of sp³-hybridized carbons (Fsp3) is 0.333. The van der Waals surface area contributed by atoms with Gasteiger partial charge < -0.3 is 14.4 Å². The Bertz CT molecular complexity index is 1150. The lowest BCUT2D eigenvalue weighted by molar-refractivity contribution is 0.0628. The first-order valence-corrected chi connectivity index (χ1v) is 10.2. The molecule has 1 aromatic heterocycles. The van der Waals surface area contributed by atoms with Gasteiger partial charge in [0.15, 0.2) is 0 Å². The first-order chi connectivity index (χ1) is 14.3. The first kappa shape index (κ1) is 20.2. The van der Waals surface area contributed by atoms with Gasteiger partial charge >= 0.3 is 5.63 Å². The van der Waals surface area contributed by atoms with E-state index in [4.69, 9.17) is 4.42 Å². The Morgan fingerprint density at radius 1 is 1.00 bits per heavy atom. The molecule has 1 aliphatic rings. The van der Waals surface area contributed by atoms with Crippen molar-refractivity contribution in [3.05, 3.63) is 74.6 Å². The van der Waals surface area contributed by atoms with Gasteiger partial charge in [-0.2, -0.15) is 0 Å². The molecule has 1 fully saturated rings. The summed E-state index contributed by atoms with van der Waals surface area (Å²) < 4.78 is 5.33. The zero-order valence-corrected chi connectivity index (χ0v) is 17.6. The molecular weight excluding hydrogens is 380 g/mol. The Kier molecular flexibility index (Phi) is 5.35. The summed E-state index contributed by atoms with van der Waals surface area (Å²) in [7, 11) is 0. The van der Waals surface area contributed by atoms with E-state index < -0.39 is 5.63 Å². The summed E-state index contributed by atoms with van der Waals surface area (Å²) in [6.45, 7) is 9.09. The number of piperazine rings is 1. The molecule has 0 atom stereocenters. The first-order valence-electron chi connectivity index (χ1n) is 10.2. The van der Waals surface area contributed by atoms with E-state index in [1.165, 1.54) is 6.07 Å². The Morgan fingerprint density at radius 2 is 1.67 bits per heavy atom. The van der Waals surface area contributed by atoms with E-state index in [1.807, 2.05) is 30.9 Å². The summed E-state index contributed by atoms with van der Waals surface area (Å²) in [6, 6.07) is 10.9. The number of carbonyl (C=O) groups excluding carboxylic acids is 1. The number of fused-ring (bicyclic) bond motifs is 1. The Labute approximate surface area is 175 Å². The minimum atomic E-state index is -0.421. The van der Waals surface area contributed by atoms with Crippen LogP contribution in [-0.4, -0.2) is 47.0 Å². The average Bonchev–Trinajstić information content (AvgIpc) is 2.70. The van der Waals surface area contributed by atoms with Crippen LogP contribution in [0, 0.1) is 20.8 Å². The number of nitrogens with zero attached hydrogens (tertiary/aromatic N) is 2. The van der Waals surface area contributed by atoms with Crippen molar-refractivity contribution in [3.8, 4) is 5.75 Å². The fourth-order valence-corrected chi connectivity index (χ4v) is 4.18. The van der Waals surface area contributed by atoms with E-state index >= 15 is 0 Å². The van der Waals surface area contributed by atoms with Gasteiger partial charge in [-0.1, -0.05) is 17.2 Å². The lowest BCUT2D eigenvalue weighted by Gasteiger charge is -2.35. The minimum Gasteiger partial charge on any atom is -0.508 e. The molecule has 1 aliphatic heterocycles. The summed E-state index contributed by atoms with van der Waals surface area (Å²) in [5, 5.41) is 10.8. The second-order valence-electron chi connectivity index (χ2n) is 8.12. The molecule has 4 rings (SSSR count). The van der Waals surface area contributed by atoms with Crippen LogP contribution in [0.5, 0.6) is 5.75 Å². The van der Waals surface area contributed by atoms with Crippen molar-refractivity contribution in [3.63, 3.8) is 0 Å². The Balaban J connectivity index is 1.48. The number of aromatic hydroxyl groups is 1. The van der Waals surface area contributed by atoms with Crippen LogP contribution in [0.15, 0.2) is 45.6 Å². The van der Waals surface area contributed by atoms with Gasteiger partial charge in [-0.3, -0.25) is 9.69 Å². The molecule has 2 aromatic carbocycles. The molecule has 0 saturated carbocycles. The van der Waals surface area contributed by atoms with E-state index in [1.54, 1.807) is 19.1 Å². The molecule has 0 bridgehead atoms. The molecule has 0 spiro atoms. The largest absolute Gasteiger partial charge is 0.508 e. The predicted molar refractivity (Wildman–Crippen MR) is 116 cm³/mol. The van der Waals surface area contributed by atoms with Crippen molar-refractivity contribution in [2.75, 3.05) is 26.2 Å². The number of phenols is 1. The van der Waals surface area contributed by atoms with Gasteiger partial charge in [-0.15, -0.1) is 0 Å². The van der Waals surface area contributed by atoms with Crippen molar-refractivity contribution in [1.82, 2.24) is 9.80 Å². The number of hydrogen-bond donors (Lipinski definition) is 1. The zero-order valence-electron chi connectivity index (χ0n) is 17.6. The molecule has 1 saturated heterocycles. The van der Waals surface area contributed by atoms with E-state index in [9.17, 15) is 14.7 Å².